The second-order valence-electron chi connectivity index (χ2n) is 9.01. The van der Waals surface area contributed by atoms with Crippen LogP contribution in [-0.2, 0) is 0 Å². The minimum Gasteiger partial charge on any atom is -0.332 e. The first-order chi connectivity index (χ1) is 9.78. The van der Waals surface area contributed by atoms with Crippen molar-refractivity contribution >= 4 is 8.24 Å². The molecule has 1 atom stereocenters. The van der Waals surface area contributed by atoms with Crippen LogP contribution in [0.1, 0.15) is 72.1 Å². The second-order valence-corrected chi connectivity index (χ2v) is 13.4. The molecule has 2 heteroatoms. The highest BCUT2D eigenvalue weighted by Gasteiger charge is 2.42. The van der Waals surface area contributed by atoms with Gasteiger partial charge in [0.2, 0.25) is 0 Å². The Hall–Kier alpha value is -0.343. The summed E-state index contributed by atoms with van der Waals surface area (Å²) in [6, 6.07) is 0. The van der Waals surface area contributed by atoms with Crippen LogP contribution in [0.15, 0.2) is 22.3 Å². The van der Waals surface area contributed by atoms with E-state index in [2.05, 4.69) is 38.8 Å². The summed E-state index contributed by atoms with van der Waals surface area (Å²) in [5, 5.41) is 0. The van der Waals surface area contributed by atoms with E-state index >= 15 is 0 Å². The highest BCUT2D eigenvalue weighted by atomic mass is 28.3. The lowest BCUT2D eigenvalue weighted by atomic mass is 9.87. The molecule has 0 radical (unpaired) electrons. The molecule has 0 aromatic carbocycles. The van der Waals surface area contributed by atoms with Crippen molar-refractivity contribution in [3.63, 3.8) is 0 Å². The molecular weight excluding hydrogens is 270 g/mol. The standard InChI is InChI=1S/C19H33NSi/c1-19(2,3)20-21(4,5)18-12-8-11-16-15-10-7-6-9-14(15)13-17(16)18/h18,20H,6-13H2,1-5H3. The molecule has 1 N–H and O–H groups in total. The van der Waals surface area contributed by atoms with Gasteiger partial charge in [-0.3, -0.25) is 0 Å². The van der Waals surface area contributed by atoms with Crippen LogP contribution in [0.4, 0.5) is 0 Å². The van der Waals surface area contributed by atoms with Crippen LogP contribution in [0.3, 0.4) is 0 Å². The van der Waals surface area contributed by atoms with Crippen molar-refractivity contribution in [3.8, 4) is 0 Å². The molecular formula is C19H33NSi. The SMILES string of the molecule is CC(C)(C)N[Si](C)(C)C1CCCC2=C1CC1=C2CCCC1. The molecule has 3 aliphatic carbocycles. The maximum atomic E-state index is 4.05. The minimum absolute atomic E-state index is 0.250. The van der Waals surface area contributed by atoms with Crippen molar-refractivity contribution in [1.82, 2.24) is 4.98 Å². The zero-order chi connectivity index (χ0) is 15.3. The molecule has 3 rings (SSSR count). The lowest BCUT2D eigenvalue weighted by Gasteiger charge is -2.42. The Labute approximate surface area is 132 Å². The van der Waals surface area contributed by atoms with E-state index in [4.69, 9.17) is 0 Å². The normalized spacial score (nSPS) is 27.0. The van der Waals surface area contributed by atoms with Gasteiger partial charge in [0.15, 0.2) is 0 Å². The summed E-state index contributed by atoms with van der Waals surface area (Å²) in [5.41, 5.74) is 8.48. The highest BCUT2D eigenvalue weighted by Crippen LogP contribution is 2.52. The summed E-state index contributed by atoms with van der Waals surface area (Å²) in [6.45, 7) is 12.1. The highest BCUT2D eigenvalue weighted by molar-refractivity contribution is 6.77. The maximum absolute atomic E-state index is 4.05. The van der Waals surface area contributed by atoms with Gasteiger partial charge in [-0.2, -0.15) is 0 Å². The van der Waals surface area contributed by atoms with Crippen LogP contribution in [0.2, 0.25) is 18.6 Å². The Morgan fingerprint density at radius 3 is 2.33 bits per heavy atom. The number of rotatable bonds is 2. The molecule has 0 amide bonds. The molecule has 0 saturated heterocycles. The number of fused-ring (bicyclic) bond motifs is 1. The number of nitrogens with one attached hydrogen (secondary N) is 1. The zero-order valence-electron chi connectivity index (χ0n) is 14.7. The van der Waals surface area contributed by atoms with E-state index in [1.54, 1.807) is 0 Å². The van der Waals surface area contributed by atoms with E-state index in [1.165, 1.54) is 51.4 Å². The third-order valence-electron chi connectivity index (χ3n) is 5.65. The van der Waals surface area contributed by atoms with Crippen molar-refractivity contribution in [3.05, 3.63) is 22.3 Å². The topological polar surface area (TPSA) is 12.0 Å². The summed E-state index contributed by atoms with van der Waals surface area (Å²) in [5.74, 6) is 0. The second kappa shape index (κ2) is 5.38. The summed E-state index contributed by atoms with van der Waals surface area (Å²) in [6.07, 6.45) is 11.2. The monoisotopic (exact) mass is 303 g/mol. The first kappa shape index (κ1) is 15.5. The Balaban J connectivity index is 1.87. The Bertz CT molecular complexity index is 490. The van der Waals surface area contributed by atoms with Crippen LogP contribution >= 0.6 is 0 Å². The van der Waals surface area contributed by atoms with Crippen molar-refractivity contribution in [2.75, 3.05) is 0 Å². The average Bonchev–Trinajstić information content (AvgIpc) is 2.74. The molecule has 0 saturated carbocycles. The smallest absolute Gasteiger partial charge is 0.127 e. The van der Waals surface area contributed by atoms with Gasteiger partial charge in [0.05, 0.1) is 0 Å². The third-order valence-corrected chi connectivity index (χ3v) is 9.42. The van der Waals surface area contributed by atoms with Gasteiger partial charge >= 0.3 is 0 Å². The van der Waals surface area contributed by atoms with Crippen LogP contribution in [0.25, 0.3) is 0 Å². The average molecular weight is 304 g/mol. The van der Waals surface area contributed by atoms with Gasteiger partial charge in [0.1, 0.15) is 8.24 Å². The van der Waals surface area contributed by atoms with Crippen LogP contribution in [0.5, 0.6) is 0 Å². The van der Waals surface area contributed by atoms with Gasteiger partial charge in [-0.25, -0.2) is 0 Å². The fraction of sp³-hybridized carbons (Fsp3) is 0.789. The summed E-state index contributed by atoms with van der Waals surface area (Å²) in [7, 11) is -1.42. The van der Waals surface area contributed by atoms with E-state index in [0.717, 1.165) is 5.54 Å². The van der Waals surface area contributed by atoms with E-state index in [9.17, 15) is 0 Å². The molecule has 21 heavy (non-hydrogen) atoms. The van der Waals surface area contributed by atoms with Crippen LogP contribution in [-0.4, -0.2) is 13.8 Å². The lowest BCUT2D eigenvalue weighted by molar-refractivity contribution is 0.501. The molecule has 0 aromatic rings. The van der Waals surface area contributed by atoms with Crippen molar-refractivity contribution in [2.24, 2.45) is 0 Å². The molecule has 0 aromatic heterocycles. The molecule has 0 aliphatic heterocycles. The van der Waals surface area contributed by atoms with E-state index in [-0.39, 0.29) is 5.54 Å². The van der Waals surface area contributed by atoms with Gasteiger partial charge in [-0.1, -0.05) is 24.2 Å². The van der Waals surface area contributed by atoms with E-state index < -0.39 is 8.24 Å². The van der Waals surface area contributed by atoms with Crippen molar-refractivity contribution < 1.29 is 0 Å². The maximum Gasteiger partial charge on any atom is 0.127 e. The summed E-state index contributed by atoms with van der Waals surface area (Å²) in [4.78, 5) is 4.05. The van der Waals surface area contributed by atoms with Gasteiger partial charge in [-0.05, 0) is 88.8 Å². The predicted octanol–water partition coefficient (Wildman–Crippen LogP) is 5.70. The minimum atomic E-state index is -1.42. The third kappa shape index (κ3) is 3.07. The van der Waals surface area contributed by atoms with Gasteiger partial charge in [-0.15, -0.1) is 0 Å². The fourth-order valence-corrected chi connectivity index (χ4v) is 9.39. The Kier molecular flexibility index (Phi) is 3.98. The molecule has 3 aliphatic rings. The van der Waals surface area contributed by atoms with E-state index in [0.29, 0.717) is 0 Å². The molecule has 118 valence electrons. The Morgan fingerprint density at radius 2 is 1.62 bits per heavy atom. The first-order valence-corrected chi connectivity index (χ1v) is 12.1. The zero-order valence-corrected chi connectivity index (χ0v) is 15.7. The number of allylic oxidation sites excluding steroid dienone is 4. The quantitative estimate of drug-likeness (QED) is 0.645. The summed E-state index contributed by atoms with van der Waals surface area (Å²) < 4.78 is 0. The van der Waals surface area contributed by atoms with Crippen LogP contribution < -0.4 is 4.98 Å². The fourth-order valence-electron chi connectivity index (χ4n) is 5.21. The largest absolute Gasteiger partial charge is 0.332 e. The summed E-state index contributed by atoms with van der Waals surface area (Å²) >= 11 is 0. The van der Waals surface area contributed by atoms with Crippen molar-refractivity contribution in [2.45, 2.75) is 96.3 Å². The molecule has 0 bridgehead atoms. The molecule has 0 spiro atoms. The van der Waals surface area contributed by atoms with Gasteiger partial charge < -0.3 is 4.98 Å². The molecule has 0 fully saturated rings. The predicted molar refractivity (Wildman–Crippen MR) is 95.1 cm³/mol. The molecule has 1 unspecified atom stereocenters. The molecule has 0 heterocycles. The van der Waals surface area contributed by atoms with Crippen molar-refractivity contribution in [1.29, 1.82) is 0 Å². The number of hydrogen-bond acceptors (Lipinski definition) is 1. The molecule has 1 nitrogen and oxygen atoms in total. The van der Waals surface area contributed by atoms with E-state index in [1.807, 2.05) is 22.3 Å². The Morgan fingerprint density at radius 1 is 0.952 bits per heavy atom. The van der Waals surface area contributed by atoms with Gasteiger partial charge in [0, 0.05) is 5.54 Å². The lowest BCUT2D eigenvalue weighted by Crippen LogP contribution is -2.57. The first-order valence-electron chi connectivity index (χ1n) is 9.00. The van der Waals surface area contributed by atoms with Crippen LogP contribution in [0, 0.1) is 0 Å². The van der Waals surface area contributed by atoms with Gasteiger partial charge in [0.25, 0.3) is 0 Å². The number of hydrogen-bond donors (Lipinski definition) is 1.